The van der Waals surface area contributed by atoms with E-state index >= 15 is 0 Å². The number of carbonyl (C=O) groups is 1. The molecule has 0 saturated carbocycles. The van der Waals surface area contributed by atoms with Crippen LogP contribution >= 0.6 is 0 Å². The third-order valence-electron chi connectivity index (χ3n) is 3.05. The van der Waals surface area contributed by atoms with Crippen LogP contribution in [0, 0.1) is 6.57 Å². The Hall–Kier alpha value is -3.01. The smallest absolute Gasteiger partial charge is 0.407 e. The number of nitrogens with zero attached hydrogens (tertiary/aromatic N) is 3. The quantitative estimate of drug-likeness (QED) is 0.845. The largest absolute Gasteiger partial charge is 0.507 e. The molecule has 2 N–H and O–H groups in total. The molecule has 0 unspecified atom stereocenters. The third-order valence-corrected chi connectivity index (χ3v) is 3.05. The number of nitrogens with one attached hydrogen (secondary N) is 1. The number of ether oxygens (including phenoxy) is 1. The number of hydrogen-bond donors (Lipinski definition) is 2. The zero-order chi connectivity index (χ0) is 17.7. The molecule has 7 heteroatoms. The monoisotopic (exact) mass is 328 g/mol. The molecule has 1 heterocycles. The van der Waals surface area contributed by atoms with Gasteiger partial charge in [0.05, 0.1) is 12.8 Å². The van der Waals surface area contributed by atoms with E-state index in [1.54, 1.807) is 24.5 Å². The lowest BCUT2D eigenvalue weighted by molar-refractivity contribution is 0.0528. The molecule has 7 nitrogen and oxygen atoms in total. The molecule has 1 amide bonds. The average Bonchev–Trinajstić information content (AvgIpc) is 2.93. The first-order valence-corrected chi connectivity index (χ1v) is 7.50. The van der Waals surface area contributed by atoms with Crippen LogP contribution in [0.1, 0.15) is 26.3 Å². The fraction of sp³-hybridized carbons (Fsp3) is 0.353. The zero-order valence-electron chi connectivity index (χ0n) is 13.9. The maximum atomic E-state index is 11.6. The lowest BCUT2D eigenvalue weighted by atomic mass is 10.2. The van der Waals surface area contributed by atoms with Gasteiger partial charge in [-0.05, 0) is 44.9 Å². The minimum atomic E-state index is -0.524. The Bertz CT molecular complexity index is 769. The summed E-state index contributed by atoms with van der Waals surface area (Å²) in [6.45, 7) is 12.8. The van der Waals surface area contributed by atoms with Gasteiger partial charge in [-0.3, -0.25) is 0 Å². The average molecular weight is 328 g/mol. The standard InChI is InChI=1S/C17H20N4O3/c1-17(2,3)24-16(23)19-8-7-12-10-20-21(11-12)14-6-5-13(18-4)9-15(14)22/h5-6,9-11,22H,7-8H2,1-3H3,(H,19,23). The molecular formula is C17H20N4O3. The van der Waals surface area contributed by atoms with Crippen molar-refractivity contribution in [1.29, 1.82) is 0 Å². The maximum Gasteiger partial charge on any atom is 0.407 e. The van der Waals surface area contributed by atoms with E-state index in [2.05, 4.69) is 15.3 Å². The molecule has 0 saturated heterocycles. The summed E-state index contributed by atoms with van der Waals surface area (Å²) in [5.41, 5.74) is 1.24. The summed E-state index contributed by atoms with van der Waals surface area (Å²) >= 11 is 0. The molecule has 1 aromatic carbocycles. The summed E-state index contributed by atoms with van der Waals surface area (Å²) in [5, 5.41) is 16.8. The number of benzene rings is 1. The second-order valence-corrected chi connectivity index (χ2v) is 6.26. The van der Waals surface area contributed by atoms with Crippen LogP contribution < -0.4 is 5.32 Å². The van der Waals surface area contributed by atoms with Crippen molar-refractivity contribution < 1.29 is 14.6 Å². The minimum Gasteiger partial charge on any atom is -0.507 e. The summed E-state index contributed by atoms with van der Waals surface area (Å²) in [6.07, 6.45) is 3.56. The van der Waals surface area contributed by atoms with Gasteiger partial charge in [0.25, 0.3) is 0 Å². The van der Waals surface area contributed by atoms with E-state index in [1.165, 1.54) is 10.7 Å². The first-order valence-electron chi connectivity index (χ1n) is 7.50. The van der Waals surface area contributed by atoms with E-state index in [4.69, 9.17) is 11.3 Å². The fourth-order valence-corrected chi connectivity index (χ4v) is 2.02. The Morgan fingerprint density at radius 2 is 2.21 bits per heavy atom. The number of rotatable bonds is 4. The number of amides is 1. The molecule has 2 rings (SSSR count). The van der Waals surface area contributed by atoms with Crippen molar-refractivity contribution in [2.45, 2.75) is 32.8 Å². The van der Waals surface area contributed by atoms with E-state index in [0.717, 1.165) is 5.56 Å². The molecule has 0 radical (unpaired) electrons. The SMILES string of the molecule is [C-]#[N+]c1ccc(-n2cc(CCNC(=O)OC(C)(C)C)cn2)c(O)c1. The highest BCUT2D eigenvalue weighted by Gasteiger charge is 2.15. The second-order valence-electron chi connectivity index (χ2n) is 6.26. The van der Waals surface area contributed by atoms with Crippen LogP contribution in [-0.4, -0.2) is 33.1 Å². The van der Waals surface area contributed by atoms with E-state index in [9.17, 15) is 9.90 Å². The van der Waals surface area contributed by atoms with E-state index in [1.807, 2.05) is 20.8 Å². The summed E-state index contributed by atoms with van der Waals surface area (Å²) in [5.74, 6) is -0.00923. The summed E-state index contributed by atoms with van der Waals surface area (Å²) in [6, 6.07) is 4.65. The van der Waals surface area contributed by atoms with Crippen molar-refractivity contribution in [2.75, 3.05) is 6.54 Å². The van der Waals surface area contributed by atoms with Crippen molar-refractivity contribution in [3.8, 4) is 11.4 Å². The Labute approximate surface area is 140 Å². The van der Waals surface area contributed by atoms with Gasteiger partial charge < -0.3 is 15.2 Å². The van der Waals surface area contributed by atoms with Crippen LogP contribution in [0.4, 0.5) is 10.5 Å². The molecule has 0 spiro atoms. The Kier molecular flexibility index (Phi) is 5.09. The number of phenols is 1. The van der Waals surface area contributed by atoms with E-state index in [0.29, 0.717) is 24.3 Å². The highest BCUT2D eigenvalue weighted by atomic mass is 16.6. The number of carbonyl (C=O) groups excluding carboxylic acids is 1. The number of phenolic OH excluding ortho intramolecular Hbond substituents is 1. The van der Waals surface area contributed by atoms with Gasteiger partial charge in [-0.15, -0.1) is 0 Å². The van der Waals surface area contributed by atoms with Crippen LogP contribution in [0.25, 0.3) is 10.5 Å². The molecule has 0 aliphatic carbocycles. The molecule has 0 atom stereocenters. The van der Waals surface area contributed by atoms with Crippen molar-refractivity contribution in [3.05, 3.63) is 47.6 Å². The highest BCUT2D eigenvalue weighted by Crippen LogP contribution is 2.26. The lowest BCUT2D eigenvalue weighted by Crippen LogP contribution is -2.33. The van der Waals surface area contributed by atoms with E-state index in [-0.39, 0.29) is 5.75 Å². The van der Waals surface area contributed by atoms with Crippen LogP contribution in [0.3, 0.4) is 0 Å². The van der Waals surface area contributed by atoms with E-state index < -0.39 is 11.7 Å². The number of aromatic nitrogens is 2. The molecule has 1 aromatic heterocycles. The number of hydrogen-bond acceptors (Lipinski definition) is 4. The molecule has 126 valence electrons. The third kappa shape index (κ3) is 4.74. The van der Waals surface area contributed by atoms with Gasteiger partial charge in [-0.25, -0.2) is 14.3 Å². The van der Waals surface area contributed by atoms with Crippen LogP contribution in [-0.2, 0) is 11.2 Å². The number of aromatic hydroxyl groups is 1. The second kappa shape index (κ2) is 7.04. The van der Waals surface area contributed by atoms with Crippen molar-refractivity contribution >= 4 is 11.8 Å². The van der Waals surface area contributed by atoms with Crippen LogP contribution in [0.2, 0.25) is 0 Å². The Balaban J connectivity index is 1.94. The molecule has 0 aliphatic heterocycles. The van der Waals surface area contributed by atoms with Gasteiger partial charge in [0.1, 0.15) is 17.0 Å². The summed E-state index contributed by atoms with van der Waals surface area (Å²) in [7, 11) is 0. The van der Waals surface area contributed by atoms with Crippen molar-refractivity contribution in [3.63, 3.8) is 0 Å². The topological polar surface area (TPSA) is 80.7 Å². The maximum absolute atomic E-state index is 11.6. The van der Waals surface area contributed by atoms with Crippen LogP contribution in [0.5, 0.6) is 5.75 Å². The molecule has 0 bridgehead atoms. The van der Waals surface area contributed by atoms with Gasteiger partial charge in [-0.2, -0.15) is 5.10 Å². The van der Waals surface area contributed by atoms with Crippen molar-refractivity contribution in [2.24, 2.45) is 0 Å². The lowest BCUT2D eigenvalue weighted by Gasteiger charge is -2.19. The zero-order valence-corrected chi connectivity index (χ0v) is 13.9. The molecule has 24 heavy (non-hydrogen) atoms. The van der Waals surface area contributed by atoms with Crippen molar-refractivity contribution in [1.82, 2.24) is 15.1 Å². The normalized spacial score (nSPS) is 10.9. The molecule has 0 aliphatic rings. The first-order chi connectivity index (χ1) is 11.3. The Morgan fingerprint density at radius 1 is 1.46 bits per heavy atom. The van der Waals surface area contributed by atoms with Gasteiger partial charge in [0, 0.05) is 12.7 Å². The van der Waals surface area contributed by atoms with Crippen LogP contribution in [0.15, 0.2) is 30.6 Å². The summed E-state index contributed by atoms with van der Waals surface area (Å²) < 4.78 is 6.69. The van der Waals surface area contributed by atoms with Gasteiger partial charge in [0.15, 0.2) is 5.69 Å². The Morgan fingerprint density at radius 3 is 2.83 bits per heavy atom. The van der Waals surface area contributed by atoms with Gasteiger partial charge in [0.2, 0.25) is 0 Å². The van der Waals surface area contributed by atoms with Gasteiger partial charge >= 0.3 is 6.09 Å². The minimum absolute atomic E-state index is 0.00923. The summed E-state index contributed by atoms with van der Waals surface area (Å²) in [4.78, 5) is 14.8. The van der Waals surface area contributed by atoms with Gasteiger partial charge in [-0.1, -0.05) is 6.07 Å². The number of alkyl carbamates (subject to hydrolysis) is 1. The molecule has 2 aromatic rings. The predicted molar refractivity (Wildman–Crippen MR) is 89.4 cm³/mol. The first kappa shape index (κ1) is 17.3. The molecule has 0 fully saturated rings. The highest BCUT2D eigenvalue weighted by molar-refractivity contribution is 5.67. The molecular weight excluding hydrogens is 308 g/mol. The fourth-order valence-electron chi connectivity index (χ4n) is 2.02. The predicted octanol–water partition coefficient (Wildman–Crippen LogP) is 3.20.